The van der Waals surface area contributed by atoms with Crippen LogP contribution in [0.1, 0.15) is 0 Å². The Labute approximate surface area is 106 Å². The zero-order valence-electron chi connectivity index (χ0n) is 4.89. The van der Waals surface area contributed by atoms with Crippen LogP contribution in [0.4, 0.5) is 0 Å². The van der Waals surface area contributed by atoms with Crippen LogP contribution in [0.3, 0.4) is 0 Å². The number of rotatable bonds is 0. The summed E-state index contributed by atoms with van der Waals surface area (Å²) in [5.41, 5.74) is 0. The second-order valence-electron chi connectivity index (χ2n) is 0.958. The van der Waals surface area contributed by atoms with E-state index in [0.717, 1.165) is 0 Å². The second-order valence-corrected chi connectivity index (χ2v) is 1.52. The van der Waals surface area contributed by atoms with Gasteiger partial charge >= 0.3 is 59.6 Å². The van der Waals surface area contributed by atoms with Crippen LogP contribution in [0.15, 0.2) is 23.3 Å². The fourth-order valence-electron chi connectivity index (χ4n) is 0.176. The Morgan fingerprint density at radius 1 is 1.45 bits per heavy atom. The van der Waals surface area contributed by atoms with E-state index in [2.05, 4.69) is 9.40 Å². The van der Waals surface area contributed by atoms with E-state index in [1.54, 1.807) is 6.20 Å². The molecule has 0 bridgehead atoms. The van der Waals surface area contributed by atoms with E-state index in [1.807, 2.05) is 0 Å². The Kier molecular flexibility index (Phi) is 22.0. The van der Waals surface area contributed by atoms with Crippen molar-refractivity contribution in [3.8, 4) is 0 Å². The predicted molar refractivity (Wildman–Crippen MR) is 40.7 cm³/mol. The van der Waals surface area contributed by atoms with Crippen LogP contribution in [-0.4, -0.2) is 71.6 Å². The molecule has 11 heavy (non-hydrogen) atoms. The molecule has 0 aliphatic rings. The monoisotopic (exact) mass is 209 g/mol. The van der Waals surface area contributed by atoms with Gasteiger partial charge in [-0.05, 0) is 0 Å². The summed E-state index contributed by atoms with van der Waals surface area (Å²) in [5.74, 6) is 0. The molecule has 0 saturated carbocycles. The van der Waals surface area contributed by atoms with E-state index in [4.69, 9.17) is 14.4 Å². The molecule has 0 amide bonds. The molecule has 1 aromatic heterocycles. The average Bonchev–Trinajstić information content (AvgIpc) is 2.11. The van der Waals surface area contributed by atoms with E-state index < -0.39 is 8.25 Å². The van der Waals surface area contributed by atoms with Crippen molar-refractivity contribution >= 4 is 59.6 Å². The van der Waals surface area contributed by atoms with E-state index in [1.165, 1.54) is 12.7 Å². The molecule has 4 N–H and O–H groups in total. The maximum Gasteiger partial charge on any atom is 0.180 e. The van der Waals surface area contributed by atoms with E-state index >= 15 is 0 Å². The van der Waals surface area contributed by atoms with Crippen molar-refractivity contribution in [1.82, 2.24) is 4.98 Å². The van der Waals surface area contributed by atoms with E-state index in [9.17, 15) is 0 Å². The number of oxazole rings is 1. The number of aromatic nitrogens is 1. The molecule has 1 rings (SSSR count). The molecule has 0 radical (unpaired) electrons. The fraction of sp³-hybridized carbons (Fsp3) is 0. The summed E-state index contributed by atoms with van der Waals surface area (Å²) >= 11 is 0. The van der Waals surface area contributed by atoms with Gasteiger partial charge < -0.3 is 19.7 Å². The summed E-state index contributed by atoms with van der Waals surface area (Å²) < 4.78 is 13.2. The van der Waals surface area contributed by atoms with E-state index in [0.29, 0.717) is 0 Å². The van der Waals surface area contributed by atoms with Crippen molar-refractivity contribution in [3.63, 3.8) is 0 Å². The summed E-state index contributed by atoms with van der Waals surface area (Å²) in [6.45, 7) is 0. The van der Waals surface area contributed by atoms with Gasteiger partial charge in [-0.2, -0.15) is 0 Å². The topological polar surface area (TPSA) is 115 Å². The maximum absolute atomic E-state index is 8.74. The molecule has 0 aliphatic carbocycles. The Balaban J connectivity index is -0.000000101. The molecule has 0 unspecified atom stereocenters. The number of nitrogens with zero attached hydrogens (tertiary/aromatic N) is 1. The van der Waals surface area contributed by atoms with Crippen molar-refractivity contribution in [3.05, 3.63) is 18.9 Å². The van der Waals surface area contributed by atoms with Crippen LogP contribution >= 0.6 is 8.25 Å². The van der Waals surface area contributed by atoms with Crippen molar-refractivity contribution < 1.29 is 24.2 Å². The Morgan fingerprint density at radius 2 is 1.91 bits per heavy atom. The molecule has 0 spiro atoms. The van der Waals surface area contributed by atoms with Crippen molar-refractivity contribution in [2.75, 3.05) is 0 Å². The van der Waals surface area contributed by atoms with Gasteiger partial charge in [-0.1, -0.05) is 0 Å². The van der Waals surface area contributed by atoms with Gasteiger partial charge in [-0.3, -0.25) is 4.57 Å². The molecule has 0 aliphatic heterocycles. The van der Waals surface area contributed by atoms with Crippen LogP contribution in [0.2, 0.25) is 0 Å². The first-order valence-corrected chi connectivity index (χ1v) is 3.28. The van der Waals surface area contributed by atoms with Gasteiger partial charge in [0.15, 0.2) is 6.39 Å². The summed E-state index contributed by atoms with van der Waals surface area (Å²) in [5, 5.41) is 0. The number of hydrogen-bond acceptors (Lipinski definition) is 3. The second kappa shape index (κ2) is 13.5. The first kappa shape index (κ1) is 17.9. The Bertz CT molecular complexity index is 136. The zero-order chi connectivity index (χ0) is 7.11. The minimum atomic E-state index is -3.13. The van der Waals surface area contributed by atoms with Crippen LogP contribution in [0.5, 0.6) is 0 Å². The third-order valence-corrected chi connectivity index (χ3v) is 0.347. The number of hydrogen-bond donors (Lipinski definition) is 2. The van der Waals surface area contributed by atoms with Gasteiger partial charge in [0.1, 0.15) is 6.26 Å². The zero-order valence-corrected chi connectivity index (χ0v) is 5.89. The van der Waals surface area contributed by atoms with Gasteiger partial charge in [0, 0.05) is 0 Å². The summed E-state index contributed by atoms with van der Waals surface area (Å²) in [6.07, 6.45) is 4.47. The molecule has 6 nitrogen and oxygen atoms in total. The first-order chi connectivity index (χ1) is 4.23. The van der Waals surface area contributed by atoms with Gasteiger partial charge in [-0.25, -0.2) is 4.98 Å². The van der Waals surface area contributed by atoms with Crippen LogP contribution in [0.25, 0.3) is 0 Å². The molecule has 1 heterocycles. The maximum atomic E-state index is 8.74. The molecule has 1 aromatic rings. The predicted octanol–water partition coefficient (Wildman–Crippen LogP) is -1.44. The standard InChI is InChI=1S/C3H3NO.K.H3O3P.H2O.H/c1-2-5-3-4-1;;1-4(2)3;;/h1-3H;;4H,(H2,1,2,3);1H2;. The average molecular weight is 209 g/mol. The first-order valence-electron chi connectivity index (χ1n) is 1.97. The van der Waals surface area contributed by atoms with Crippen molar-refractivity contribution in [2.24, 2.45) is 0 Å². The summed E-state index contributed by atoms with van der Waals surface area (Å²) in [7, 11) is -3.13. The normalized spacial score (nSPS) is 6.82. The third kappa shape index (κ3) is 24.8. The molecule has 0 atom stereocenters. The largest absolute Gasteiger partial charge is 0.452 e. The van der Waals surface area contributed by atoms with Gasteiger partial charge in [-0.15, -0.1) is 0 Å². The minimum absolute atomic E-state index is 0. The molecular formula is C3H9KNO5P. The Hall–Kier alpha value is 0.956. The fourth-order valence-corrected chi connectivity index (χ4v) is 0.176. The van der Waals surface area contributed by atoms with Gasteiger partial charge in [0.25, 0.3) is 0 Å². The SMILES string of the molecule is O.O=[PH](O)O.[KH].c1cocn1. The molecule has 8 heteroatoms. The van der Waals surface area contributed by atoms with Gasteiger partial charge in [0.2, 0.25) is 0 Å². The summed E-state index contributed by atoms with van der Waals surface area (Å²) in [4.78, 5) is 17.9. The quantitative estimate of drug-likeness (QED) is 0.401. The van der Waals surface area contributed by atoms with Crippen LogP contribution in [0, 0.1) is 0 Å². The Morgan fingerprint density at radius 3 is 2.00 bits per heavy atom. The minimum Gasteiger partial charge on any atom is -0.452 e. The van der Waals surface area contributed by atoms with Crippen molar-refractivity contribution in [1.29, 1.82) is 0 Å². The van der Waals surface area contributed by atoms with E-state index in [-0.39, 0.29) is 56.9 Å². The molecular weight excluding hydrogens is 200 g/mol. The smallest absolute Gasteiger partial charge is 0.180 e. The molecule has 0 fully saturated rings. The molecule has 0 aromatic carbocycles. The molecule has 62 valence electrons. The van der Waals surface area contributed by atoms with Crippen LogP contribution in [-0.2, 0) is 4.57 Å². The van der Waals surface area contributed by atoms with Gasteiger partial charge in [0.05, 0.1) is 6.20 Å². The van der Waals surface area contributed by atoms with Crippen molar-refractivity contribution in [2.45, 2.75) is 0 Å². The third-order valence-electron chi connectivity index (χ3n) is 0.347. The van der Waals surface area contributed by atoms with Crippen LogP contribution < -0.4 is 0 Å². The molecule has 0 saturated heterocycles. The summed E-state index contributed by atoms with van der Waals surface area (Å²) in [6, 6.07) is 0.